The van der Waals surface area contributed by atoms with Crippen LogP contribution in [0.25, 0.3) is 16.7 Å². The van der Waals surface area contributed by atoms with E-state index in [9.17, 15) is 3.89 Å². The molecule has 0 fully saturated rings. The zero-order valence-corrected chi connectivity index (χ0v) is 10.4. The lowest BCUT2D eigenvalue weighted by atomic mass is 10.1. The molecule has 1 aliphatic carbocycles. The molecule has 0 saturated carbocycles. The van der Waals surface area contributed by atoms with E-state index in [-0.39, 0.29) is 28.5 Å². The van der Waals surface area contributed by atoms with Crippen molar-refractivity contribution in [1.29, 1.82) is 10.8 Å². The fourth-order valence-corrected chi connectivity index (χ4v) is 2.16. The second-order valence-corrected chi connectivity index (χ2v) is 4.49. The number of rotatable bonds is 2. The topological polar surface area (TPSA) is 78.4 Å². The van der Waals surface area contributed by atoms with Gasteiger partial charge in [0, 0.05) is 0 Å². The smallest absolute Gasteiger partial charge is 0.113 e. The van der Waals surface area contributed by atoms with Crippen LogP contribution in [0.5, 0.6) is 0 Å². The molecule has 0 bridgehead atoms. The van der Waals surface area contributed by atoms with E-state index < -0.39 is 0 Å². The van der Waals surface area contributed by atoms with Crippen molar-refractivity contribution in [2.45, 2.75) is 0 Å². The molecule has 1 aromatic carbocycles. The molecule has 94 valence electrons. The zero-order chi connectivity index (χ0) is 13.4. The normalized spacial score (nSPS) is 15.6. The predicted molar refractivity (Wildman–Crippen MR) is 74.0 cm³/mol. The van der Waals surface area contributed by atoms with Gasteiger partial charge in [-0.2, -0.15) is 3.89 Å². The Morgan fingerprint density at radius 2 is 1.89 bits per heavy atom. The third-order valence-corrected chi connectivity index (χ3v) is 3.31. The summed E-state index contributed by atoms with van der Waals surface area (Å²) >= 11 is -0.0336. The predicted octanol–water partition coefficient (Wildman–Crippen LogP) is 2.83. The number of nitrogens with one attached hydrogen (secondary N) is 2. The average Bonchev–Trinajstić information content (AvgIpc) is 2.86. The van der Waals surface area contributed by atoms with Gasteiger partial charge < -0.3 is 0 Å². The molecule has 5 nitrogen and oxygen atoms in total. The Hall–Kier alpha value is -2.28. The van der Waals surface area contributed by atoms with E-state index >= 15 is 0 Å². The molecule has 0 amide bonds. The van der Waals surface area contributed by atoms with Crippen molar-refractivity contribution in [2.75, 3.05) is 0 Å². The van der Waals surface area contributed by atoms with Crippen LogP contribution >= 0.6 is 12.1 Å². The van der Waals surface area contributed by atoms with Gasteiger partial charge in [0.2, 0.25) is 0 Å². The fraction of sp³-hybridized carbons (Fsp3) is 0. The fourth-order valence-electron chi connectivity index (χ4n) is 1.86. The van der Waals surface area contributed by atoms with Gasteiger partial charge in [0.05, 0.1) is 34.0 Å². The van der Waals surface area contributed by atoms with E-state index in [0.29, 0.717) is 11.2 Å². The van der Waals surface area contributed by atoms with Crippen molar-refractivity contribution in [2.24, 2.45) is 0 Å². The van der Waals surface area contributed by atoms with E-state index in [1.807, 2.05) is 24.3 Å². The first-order valence-corrected chi connectivity index (χ1v) is 6.13. The van der Waals surface area contributed by atoms with Crippen LogP contribution in [0.2, 0.25) is 0 Å². The maximum Gasteiger partial charge on any atom is 0.113 e. The van der Waals surface area contributed by atoms with Crippen LogP contribution < -0.4 is 0 Å². The van der Waals surface area contributed by atoms with Crippen LogP contribution in [0.1, 0.15) is 0 Å². The Morgan fingerprint density at radius 1 is 1.11 bits per heavy atom. The number of para-hydroxylation sites is 1. The van der Waals surface area contributed by atoms with Crippen molar-refractivity contribution >= 4 is 40.3 Å². The van der Waals surface area contributed by atoms with Gasteiger partial charge in [0.1, 0.15) is 11.2 Å². The summed E-state index contributed by atoms with van der Waals surface area (Å²) < 4.78 is 14.1. The minimum atomic E-state index is -0.149. The number of halogens is 1. The largest absolute Gasteiger partial charge is 0.297 e. The van der Waals surface area contributed by atoms with Crippen LogP contribution in [0.4, 0.5) is 3.89 Å². The minimum absolute atomic E-state index is 0.0336. The first-order valence-electron chi connectivity index (χ1n) is 5.42. The molecule has 0 unspecified atom stereocenters. The lowest BCUT2D eigenvalue weighted by molar-refractivity contribution is 0.849. The monoisotopic (exact) mass is 273 g/mol. The molecule has 0 saturated heterocycles. The Bertz CT molecular complexity index is 758. The summed E-state index contributed by atoms with van der Waals surface area (Å²) in [6, 6.07) is 7.34. The van der Waals surface area contributed by atoms with Crippen LogP contribution in [0, 0.1) is 10.8 Å². The number of allylic oxidation sites excluding steroid dienone is 4. The Morgan fingerprint density at radius 3 is 2.68 bits per heavy atom. The SMILES string of the molecule is N=C1C(=N)C(n2nnc3ccccc32)=CC=C1SF. The highest BCUT2D eigenvalue weighted by Gasteiger charge is 2.22. The molecule has 0 atom stereocenters. The highest BCUT2D eigenvalue weighted by atomic mass is 32.2. The van der Waals surface area contributed by atoms with Gasteiger partial charge in [-0.15, -0.1) is 5.10 Å². The number of benzene rings is 1. The van der Waals surface area contributed by atoms with Crippen molar-refractivity contribution in [3.05, 3.63) is 41.3 Å². The van der Waals surface area contributed by atoms with Crippen molar-refractivity contribution in [3.63, 3.8) is 0 Å². The Kier molecular flexibility index (Phi) is 2.75. The highest BCUT2D eigenvalue weighted by molar-refractivity contribution is 7.99. The number of hydrogen-bond acceptors (Lipinski definition) is 5. The summed E-state index contributed by atoms with van der Waals surface area (Å²) in [5, 5.41) is 23.7. The van der Waals surface area contributed by atoms with Crippen LogP contribution in [-0.4, -0.2) is 26.4 Å². The van der Waals surface area contributed by atoms with Gasteiger partial charge in [-0.05, 0) is 24.3 Å². The van der Waals surface area contributed by atoms with E-state index in [1.165, 1.54) is 10.8 Å². The van der Waals surface area contributed by atoms with Crippen molar-refractivity contribution in [3.8, 4) is 0 Å². The molecule has 0 radical (unpaired) electrons. The lowest BCUT2D eigenvalue weighted by Gasteiger charge is -2.14. The maximum absolute atomic E-state index is 12.6. The van der Waals surface area contributed by atoms with Crippen molar-refractivity contribution in [1.82, 2.24) is 15.0 Å². The summed E-state index contributed by atoms with van der Waals surface area (Å²) in [5.41, 5.74) is 1.65. The number of nitrogens with zero attached hydrogens (tertiary/aromatic N) is 3. The molecule has 2 aromatic rings. The molecule has 3 rings (SSSR count). The zero-order valence-electron chi connectivity index (χ0n) is 9.59. The molecule has 2 N–H and O–H groups in total. The molecular formula is C12H8FN5S. The summed E-state index contributed by atoms with van der Waals surface area (Å²) in [4.78, 5) is 0.123. The van der Waals surface area contributed by atoms with Crippen molar-refractivity contribution < 1.29 is 3.89 Å². The molecule has 1 heterocycles. The molecule has 0 spiro atoms. The quantitative estimate of drug-likeness (QED) is 0.826. The molecule has 1 aromatic heterocycles. The third-order valence-electron chi connectivity index (χ3n) is 2.81. The lowest BCUT2D eigenvalue weighted by Crippen LogP contribution is -2.21. The first-order chi connectivity index (χ1) is 9.22. The van der Waals surface area contributed by atoms with Gasteiger partial charge in [0.15, 0.2) is 0 Å². The Balaban J connectivity index is 2.17. The number of aromatic nitrogens is 3. The third kappa shape index (κ3) is 1.78. The van der Waals surface area contributed by atoms with E-state index in [1.54, 1.807) is 6.08 Å². The summed E-state index contributed by atoms with van der Waals surface area (Å²) in [6.07, 6.45) is 3.04. The van der Waals surface area contributed by atoms with Gasteiger partial charge >= 0.3 is 0 Å². The summed E-state index contributed by atoms with van der Waals surface area (Å²) in [6.45, 7) is 0. The maximum atomic E-state index is 12.6. The summed E-state index contributed by atoms with van der Waals surface area (Å²) in [7, 11) is 0. The van der Waals surface area contributed by atoms with Gasteiger partial charge in [-0.1, -0.05) is 17.3 Å². The molecular weight excluding hydrogens is 265 g/mol. The second kappa shape index (κ2) is 4.43. The van der Waals surface area contributed by atoms with Gasteiger partial charge in [-0.25, -0.2) is 4.68 Å². The Labute approximate surface area is 112 Å². The van der Waals surface area contributed by atoms with Crippen LogP contribution in [0.15, 0.2) is 41.3 Å². The first kappa shape index (κ1) is 11.8. The summed E-state index contributed by atoms with van der Waals surface area (Å²) in [5.74, 6) is 0. The van der Waals surface area contributed by atoms with E-state index in [0.717, 1.165) is 5.52 Å². The highest BCUT2D eigenvalue weighted by Crippen LogP contribution is 2.26. The van der Waals surface area contributed by atoms with E-state index in [2.05, 4.69) is 10.3 Å². The van der Waals surface area contributed by atoms with E-state index in [4.69, 9.17) is 10.8 Å². The standard InChI is InChI=1S/C12H8FN5S/c13-19-10-6-5-9(11(14)12(10)15)18-8-4-2-1-3-7(8)16-17-18/h1-6,14-15H. The van der Waals surface area contributed by atoms with Gasteiger partial charge in [0.25, 0.3) is 0 Å². The molecule has 0 aliphatic heterocycles. The average molecular weight is 273 g/mol. The van der Waals surface area contributed by atoms with Crippen LogP contribution in [-0.2, 0) is 0 Å². The molecule has 7 heteroatoms. The molecule has 1 aliphatic rings. The number of fused-ring (bicyclic) bond motifs is 1. The minimum Gasteiger partial charge on any atom is -0.297 e. The number of hydrogen-bond donors (Lipinski definition) is 2. The second-order valence-electron chi connectivity index (χ2n) is 3.90. The van der Waals surface area contributed by atoms with Gasteiger partial charge in [-0.3, -0.25) is 10.8 Å². The molecule has 19 heavy (non-hydrogen) atoms. The van der Waals surface area contributed by atoms with Crippen LogP contribution in [0.3, 0.4) is 0 Å².